The van der Waals surface area contributed by atoms with E-state index in [0.29, 0.717) is 24.7 Å². The number of ether oxygens (including phenoxy) is 1. The molecule has 1 fully saturated rings. The van der Waals surface area contributed by atoms with Crippen LogP contribution in [0.5, 0.6) is 0 Å². The van der Waals surface area contributed by atoms with Crippen molar-refractivity contribution in [3.63, 3.8) is 0 Å². The number of rotatable bonds is 9. The van der Waals surface area contributed by atoms with E-state index >= 15 is 0 Å². The maximum Gasteiger partial charge on any atom is 0.228 e. The van der Waals surface area contributed by atoms with Crippen molar-refractivity contribution in [1.29, 1.82) is 0 Å². The minimum Gasteiger partial charge on any atom is -0.381 e. The molecule has 0 unspecified atom stereocenters. The normalized spacial score (nSPS) is 15.2. The number of nitrogens with zero attached hydrogens (tertiary/aromatic N) is 3. The highest BCUT2D eigenvalue weighted by Gasteiger charge is 2.20. The Morgan fingerprint density at radius 3 is 2.86 bits per heavy atom. The monoisotopic (exact) mass is 295 g/mol. The molecule has 1 saturated carbocycles. The van der Waals surface area contributed by atoms with Gasteiger partial charge in [0.1, 0.15) is 0 Å². The van der Waals surface area contributed by atoms with Crippen LogP contribution < -0.4 is 10.6 Å². The van der Waals surface area contributed by atoms with Gasteiger partial charge in [-0.05, 0) is 32.1 Å². The molecule has 0 bridgehead atoms. The van der Waals surface area contributed by atoms with E-state index in [2.05, 4.69) is 25.8 Å². The van der Waals surface area contributed by atoms with Gasteiger partial charge in [0, 0.05) is 39.8 Å². The molecule has 2 N–H and O–H groups in total. The van der Waals surface area contributed by atoms with Crippen molar-refractivity contribution in [2.24, 2.45) is 10.9 Å². The van der Waals surface area contributed by atoms with Gasteiger partial charge in [0.25, 0.3) is 0 Å². The number of aliphatic imine (C=N–C) groups is 1. The Bertz CT molecular complexity index is 442. The molecule has 1 heterocycles. The van der Waals surface area contributed by atoms with Crippen LogP contribution in [0.2, 0.25) is 0 Å². The van der Waals surface area contributed by atoms with E-state index in [4.69, 9.17) is 9.26 Å². The summed E-state index contributed by atoms with van der Waals surface area (Å²) in [7, 11) is 1.76. The Balaban J connectivity index is 1.49. The van der Waals surface area contributed by atoms with Gasteiger partial charge in [-0.15, -0.1) is 0 Å². The highest BCUT2D eigenvalue weighted by atomic mass is 16.5. The standard InChI is InChI=1S/C14H25N5O2/c1-11-18-13(21-19-11)6-8-17-14(15-2)16-7-3-9-20-10-12-4-5-12/h12H,3-10H2,1-2H3,(H2,15,16,17). The quantitative estimate of drug-likeness (QED) is 0.400. The lowest BCUT2D eigenvalue weighted by atomic mass is 10.4. The third-order valence-electron chi connectivity index (χ3n) is 3.23. The topological polar surface area (TPSA) is 84.6 Å². The van der Waals surface area contributed by atoms with Gasteiger partial charge < -0.3 is 19.9 Å². The smallest absolute Gasteiger partial charge is 0.228 e. The van der Waals surface area contributed by atoms with Gasteiger partial charge in [-0.1, -0.05) is 5.16 Å². The van der Waals surface area contributed by atoms with E-state index in [1.54, 1.807) is 7.05 Å². The Morgan fingerprint density at radius 2 is 2.19 bits per heavy atom. The van der Waals surface area contributed by atoms with E-state index in [9.17, 15) is 0 Å². The fourth-order valence-corrected chi connectivity index (χ4v) is 1.87. The van der Waals surface area contributed by atoms with Crippen LogP contribution in [0.4, 0.5) is 0 Å². The number of hydrogen-bond acceptors (Lipinski definition) is 5. The second kappa shape index (κ2) is 8.61. The average molecular weight is 295 g/mol. The summed E-state index contributed by atoms with van der Waals surface area (Å²) in [6.07, 6.45) is 4.35. The van der Waals surface area contributed by atoms with Crippen molar-refractivity contribution >= 4 is 5.96 Å². The summed E-state index contributed by atoms with van der Waals surface area (Å²) in [6, 6.07) is 0. The molecule has 7 heteroatoms. The molecular weight excluding hydrogens is 270 g/mol. The van der Waals surface area contributed by atoms with Crippen LogP contribution in [0.25, 0.3) is 0 Å². The molecule has 0 saturated heterocycles. The van der Waals surface area contributed by atoms with Gasteiger partial charge in [-0.25, -0.2) is 0 Å². The number of aromatic nitrogens is 2. The molecule has 0 spiro atoms. The molecule has 118 valence electrons. The summed E-state index contributed by atoms with van der Waals surface area (Å²) in [5.74, 6) is 2.93. The van der Waals surface area contributed by atoms with E-state index in [0.717, 1.165) is 38.1 Å². The van der Waals surface area contributed by atoms with Crippen molar-refractivity contribution in [3.8, 4) is 0 Å². The first-order valence-electron chi connectivity index (χ1n) is 7.59. The maximum absolute atomic E-state index is 5.59. The van der Waals surface area contributed by atoms with Gasteiger partial charge in [-0.3, -0.25) is 4.99 Å². The fraction of sp³-hybridized carbons (Fsp3) is 0.786. The first-order valence-corrected chi connectivity index (χ1v) is 7.59. The highest BCUT2D eigenvalue weighted by Crippen LogP contribution is 2.28. The summed E-state index contributed by atoms with van der Waals surface area (Å²) in [5, 5.41) is 10.2. The van der Waals surface area contributed by atoms with Gasteiger partial charge in [-0.2, -0.15) is 4.98 Å². The van der Waals surface area contributed by atoms with Crippen LogP contribution in [0.15, 0.2) is 9.52 Å². The molecule has 7 nitrogen and oxygen atoms in total. The average Bonchev–Trinajstić information content (AvgIpc) is 3.22. The van der Waals surface area contributed by atoms with Crippen LogP contribution >= 0.6 is 0 Å². The minimum atomic E-state index is 0.643. The first-order chi connectivity index (χ1) is 10.3. The lowest BCUT2D eigenvalue weighted by Gasteiger charge is -2.11. The largest absolute Gasteiger partial charge is 0.381 e. The molecule has 1 aliphatic carbocycles. The highest BCUT2D eigenvalue weighted by molar-refractivity contribution is 5.79. The van der Waals surface area contributed by atoms with Crippen molar-refractivity contribution in [2.75, 3.05) is 33.4 Å². The lowest BCUT2D eigenvalue weighted by molar-refractivity contribution is 0.123. The lowest BCUT2D eigenvalue weighted by Crippen LogP contribution is -2.39. The maximum atomic E-state index is 5.59. The predicted molar refractivity (Wildman–Crippen MR) is 80.3 cm³/mol. The molecule has 21 heavy (non-hydrogen) atoms. The zero-order valence-corrected chi connectivity index (χ0v) is 12.9. The van der Waals surface area contributed by atoms with Gasteiger partial charge in [0.05, 0.1) is 0 Å². The van der Waals surface area contributed by atoms with Gasteiger partial charge in [0.2, 0.25) is 5.89 Å². The molecular formula is C14H25N5O2. The van der Waals surface area contributed by atoms with E-state index in [-0.39, 0.29) is 0 Å². The summed E-state index contributed by atoms with van der Waals surface area (Å²) in [5.41, 5.74) is 0. The SMILES string of the molecule is CN=C(NCCCOCC1CC1)NCCc1nc(C)no1. The molecule has 1 aromatic rings. The van der Waals surface area contributed by atoms with Crippen LogP contribution in [0.1, 0.15) is 31.0 Å². The number of hydrogen-bond donors (Lipinski definition) is 2. The molecule has 2 rings (SSSR count). The third kappa shape index (κ3) is 6.57. The van der Waals surface area contributed by atoms with Crippen LogP contribution in [0.3, 0.4) is 0 Å². The summed E-state index contributed by atoms with van der Waals surface area (Å²) in [6.45, 7) is 5.11. The molecule has 0 radical (unpaired) electrons. The second-order valence-electron chi connectivity index (χ2n) is 5.28. The van der Waals surface area contributed by atoms with Crippen LogP contribution in [-0.4, -0.2) is 49.5 Å². The van der Waals surface area contributed by atoms with Crippen molar-refractivity contribution < 1.29 is 9.26 Å². The van der Waals surface area contributed by atoms with Crippen molar-refractivity contribution in [2.45, 2.75) is 32.6 Å². The first kappa shape index (κ1) is 15.8. The summed E-state index contributed by atoms with van der Waals surface area (Å²) in [4.78, 5) is 8.32. The van der Waals surface area contributed by atoms with Crippen molar-refractivity contribution in [3.05, 3.63) is 11.7 Å². The predicted octanol–water partition coefficient (Wildman–Crippen LogP) is 0.902. The Morgan fingerprint density at radius 1 is 1.38 bits per heavy atom. The van der Waals surface area contributed by atoms with Crippen LogP contribution in [0, 0.1) is 12.8 Å². The van der Waals surface area contributed by atoms with E-state index in [1.165, 1.54) is 12.8 Å². The second-order valence-corrected chi connectivity index (χ2v) is 5.28. The molecule has 1 aliphatic rings. The molecule has 0 amide bonds. The van der Waals surface area contributed by atoms with Gasteiger partial charge in [0.15, 0.2) is 11.8 Å². The minimum absolute atomic E-state index is 0.643. The number of nitrogens with one attached hydrogen (secondary N) is 2. The van der Waals surface area contributed by atoms with E-state index in [1.807, 2.05) is 6.92 Å². The molecule has 0 aromatic carbocycles. The third-order valence-corrected chi connectivity index (χ3v) is 3.23. The van der Waals surface area contributed by atoms with Crippen molar-refractivity contribution in [1.82, 2.24) is 20.8 Å². The molecule has 1 aromatic heterocycles. The summed E-state index contributed by atoms with van der Waals surface area (Å²) < 4.78 is 10.6. The molecule has 0 aliphatic heterocycles. The van der Waals surface area contributed by atoms with Crippen LogP contribution in [-0.2, 0) is 11.2 Å². The molecule has 0 atom stereocenters. The zero-order valence-electron chi connectivity index (χ0n) is 12.9. The Kier molecular flexibility index (Phi) is 6.46. The van der Waals surface area contributed by atoms with Gasteiger partial charge >= 0.3 is 0 Å². The Labute approximate surface area is 125 Å². The number of guanidine groups is 1. The Hall–Kier alpha value is -1.63. The zero-order chi connectivity index (χ0) is 14.9. The fourth-order valence-electron chi connectivity index (χ4n) is 1.87. The number of aryl methyl sites for hydroxylation is 1. The summed E-state index contributed by atoms with van der Waals surface area (Å²) >= 11 is 0. The van der Waals surface area contributed by atoms with E-state index < -0.39 is 0 Å².